The SMILES string of the molecule is CCCC(NC(=O)C1C2C=CC(C2)C1NC(=O)C(NC(=O)C(NC(=O)c1cnccn1)C1CCCCC1)C(C)(C)C)C(O)C(=O)NC1CC1. The molecule has 0 aromatic carbocycles. The van der Waals surface area contributed by atoms with Crippen molar-refractivity contribution in [1.82, 2.24) is 36.6 Å². The van der Waals surface area contributed by atoms with E-state index in [0.29, 0.717) is 19.3 Å². The fourth-order valence-corrected chi connectivity index (χ4v) is 7.62. The molecule has 4 aliphatic carbocycles. The Hall–Kier alpha value is -3.87. The standard InChI is InChI=1S/C36H53N7O6/c1-5-9-24(29(44)34(48)39-23-14-15-23)40-32(46)26-21-12-13-22(18-21)27(26)41-35(49)30(36(2,3)4)43-33(47)28(20-10-7-6-8-11-20)42-31(45)25-19-37-16-17-38-25/h12-13,16-17,19-24,26-30,44H,5-11,14-15,18H2,1-4H3,(H,39,48)(H,40,46)(H,41,49)(H,42,45)(H,43,47). The van der Waals surface area contributed by atoms with Crippen LogP contribution in [-0.4, -0.2) is 80.9 Å². The van der Waals surface area contributed by atoms with Crippen LogP contribution in [0.5, 0.6) is 0 Å². The van der Waals surface area contributed by atoms with Gasteiger partial charge in [-0.25, -0.2) is 4.98 Å². The summed E-state index contributed by atoms with van der Waals surface area (Å²) >= 11 is 0. The third kappa shape index (κ3) is 9.03. The lowest BCUT2D eigenvalue weighted by atomic mass is 9.81. The van der Waals surface area contributed by atoms with Crippen LogP contribution in [-0.2, 0) is 19.2 Å². The molecule has 8 unspecified atom stereocenters. The highest BCUT2D eigenvalue weighted by molar-refractivity contribution is 5.97. The summed E-state index contributed by atoms with van der Waals surface area (Å²) in [6.45, 7) is 7.51. The molecule has 1 heterocycles. The number of nitrogens with one attached hydrogen (secondary N) is 5. The molecule has 13 nitrogen and oxygen atoms in total. The predicted octanol–water partition coefficient (Wildman–Crippen LogP) is 1.92. The molecule has 0 radical (unpaired) electrons. The van der Waals surface area contributed by atoms with Gasteiger partial charge in [-0.05, 0) is 61.7 Å². The van der Waals surface area contributed by atoms with E-state index in [1.54, 1.807) is 0 Å². The van der Waals surface area contributed by atoms with Gasteiger partial charge < -0.3 is 31.7 Å². The average Bonchev–Trinajstić information content (AvgIpc) is 3.66. The summed E-state index contributed by atoms with van der Waals surface area (Å²) in [6, 6.07) is -3.04. The third-order valence-corrected chi connectivity index (χ3v) is 10.5. The Labute approximate surface area is 288 Å². The van der Waals surface area contributed by atoms with E-state index in [0.717, 1.165) is 44.9 Å². The van der Waals surface area contributed by atoms with Crippen molar-refractivity contribution in [2.75, 3.05) is 0 Å². The second kappa shape index (κ2) is 15.8. The maximum atomic E-state index is 14.1. The lowest BCUT2D eigenvalue weighted by Crippen LogP contribution is -2.62. The molecule has 268 valence electrons. The lowest BCUT2D eigenvalue weighted by Gasteiger charge is -2.36. The summed E-state index contributed by atoms with van der Waals surface area (Å²) < 4.78 is 0. The maximum absolute atomic E-state index is 14.1. The minimum absolute atomic E-state index is 0.0741. The van der Waals surface area contributed by atoms with Gasteiger partial charge >= 0.3 is 0 Å². The van der Waals surface area contributed by atoms with Gasteiger partial charge in [0.25, 0.3) is 11.8 Å². The molecule has 2 bridgehead atoms. The number of carbonyl (C=O) groups excluding carboxylic acids is 5. The molecule has 8 atom stereocenters. The van der Waals surface area contributed by atoms with Gasteiger partial charge in [-0.15, -0.1) is 0 Å². The third-order valence-electron chi connectivity index (χ3n) is 10.5. The first-order chi connectivity index (χ1) is 23.4. The lowest BCUT2D eigenvalue weighted by molar-refractivity contribution is -0.135. The number of allylic oxidation sites excluding steroid dienone is 1. The molecule has 5 amide bonds. The topological polar surface area (TPSA) is 192 Å². The van der Waals surface area contributed by atoms with E-state index in [2.05, 4.69) is 36.6 Å². The Kier molecular flexibility index (Phi) is 11.7. The highest BCUT2D eigenvalue weighted by Gasteiger charge is 2.50. The first-order valence-corrected chi connectivity index (χ1v) is 18.0. The van der Waals surface area contributed by atoms with Gasteiger partial charge in [0.05, 0.1) is 18.2 Å². The molecule has 6 N–H and O–H groups in total. The number of amides is 5. The highest BCUT2D eigenvalue weighted by Crippen LogP contribution is 2.44. The minimum atomic E-state index is -1.38. The van der Waals surface area contributed by atoms with Crippen LogP contribution >= 0.6 is 0 Å². The van der Waals surface area contributed by atoms with E-state index in [-0.39, 0.29) is 35.4 Å². The van der Waals surface area contributed by atoms with Gasteiger partial charge in [0, 0.05) is 24.5 Å². The largest absolute Gasteiger partial charge is 0.381 e. The van der Waals surface area contributed by atoms with Gasteiger partial charge in [-0.3, -0.25) is 29.0 Å². The number of aromatic nitrogens is 2. The van der Waals surface area contributed by atoms with E-state index in [4.69, 9.17) is 0 Å². The Balaban J connectivity index is 1.29. The zero-order chi connectivity index (χ0) is 35.3. The molecular weight excluding hydrogens is 626 g/mol. The van der Waals surface area contributed by atoms with Gasteiger partial charge in [-0.1, -0.05) is 65.5 Å². The number of hydrogen-bond acceptors (Lipinski definition) is 8. The van der Waals surface area contributed by atoms with Gasteiger partial charge in [0.2, 0.25) is 17.7 Å². The second-order valence-electron chi connectivity index (χ2n) is 15.4. The van der Waals surface area contributed by atoms with Gasteiger partial charge in [0.1, 0.15) is 17.8 Å². The first kappa shape index (κ1) is 36.4. The molecule has 1 aromatic heterocycles. The maximum Gasteiger partial charge on any atom is 0.272 e. The first-order valence-electron chi connectivity index (χ1n) is 18.0. The molecule has 3 saturated carbocycles. The van der Waals surface area contributed by atoms with Crippen LogP contribution in [0.3, 0.4) is 0 Å². The molecule has 5 rings (SSSR count). The predicted molar refractivity (Wildman–Crippen MR) is 181 cm³/mol. The monoisotopic (exact) mass is 679 g/mol. The van der Waals surface area contributed by atoms with E-state index in [9.17, 15) is 29.1 Å². The van der Waals surface area contributed by atoms with Crippen LogP contribution in [0.15, 0.2) is 30.7 Å². The molecule has 1 aromatic rings. The molecule has 49 heavy (non-hydrogen) atoms. The van der Waals surface area contributed by atoms with Crippen LogP contribution in [0, 0.1) is 29.1 Å². The number of carbonyl (C=O) groups is 5. The van der Waals surface area contributed by atoms with Gasteiger partial charge in [0.15, 0.2) is 6.10 Å². The number of fused-ring (bicyclic) bond motifs is 2. The summed E-state index contributed by atoms with van der Waals surface area (Å²) in [5, 5.41) is 25.6. The molecule has 4 aliphatic rings. The number of rotatable bonds is 14. The fourth-order valence-electron chi connectivity index (χ4n) is 7.62. The number of aliphatic hydroxyl groups excluding tert-OH is 1. The molecule has 13 heteroatoms. The van der Waals surface area contributed by atoms with Gasteiger partial charge in [-0.2, -0.15) is 0 Å². The van der Waals surface area contributed by atoms with Crippen LogP contribution in [0.25, 0.3) is 0 Å². The Morgan fingerprint density at radius 2 is 1.59 bits per heavy atom. The summed E-state index contributed by atoms with van der Waals surface area (Å²) in [5.41, 5.74) is -0.602. The Morgan fingerprint density at radius 1 is 0.878 bits per heavy atom. The van der Waals surface area contributed by atoms with Crippen LogP contribution in [0.2, 0.25) is 0 Å². The summed E-state index contributed by atoms with van der Waals surface area (Å²) in [4.78, 5) is 75.8. The van der Waals surface area contributed by atoms with Crippen molar-refractivity contribution in [1.29, 1.82) is 0 Å². The molecule has 3 fully saturated rings. The van der Waals surface area contributed by atoms with Crippen molar-refractivity contribution in [3.8, 4) is 0 Å². The number of nitrogens with zero attached hydrogens (tertiary/aromatic N) is 2. The van der Waals surface area contributed by atoms with E-state index < -0.39 is 65.2 Å². The van der Waals surface area contributed by atoms with Crippen molar-refractivity contribution in [3.63, 3.8) is 0 Å². The average molecular weight is 680 g/mol. The smallest absolute Gasteiger partial charge is 0.272 e. The zero-order valence-electron chi connectivity index (χ0n) is 29.1. The Bertz CT molecular complexity index is 1390. The van der Waals surface area contributed by atoms with Crippen LogP contribution in [0.4, 0.5) is 0 Å². The molecular formula is C36H53N7O6. The zero-order valence-corrected chi connectivity index (χ0v) is 29.1. The van der Waals surface area contributed by atoms with Crippen molar-refractivity contribution in [2.45, 2.75) is 128 Å². The molecule has 0 spiro atoms. The van der Waals surface area contributed by atoms with Crippen molar-refractivity contribution in [3.05, 3.63) is 36.4 Å². The fraction of sp³-hybridized carbons (Fsp3) is 0.694. The van der Waals surface area contributed by atoms with E-state index in [1.165, 1.54) is 18.6 Å². The minimum Gasteiger partial charge on any atom is -0.381 e. The van der Waals surface area contributed by atoms with Crippen LogP contribution < -0.4 is 26.6 Å². The van der Waals surface area contributed by atoms with Crippen LogP contribution in [0.1, 0.15) is 102 Å². The second-order valence-corrected chi connectivity index (χ2v) is 15.4. The summed E-state index contributed by atoms with van der Waals surface area (Å²) in [5.74, 6) is -3.05. The van der Waals surface area contributed by atoms with Crippen molar-refractivity contribution in [2.24, 2.45) is 29.1 Å². The summed E-state index contributed by atoms with van der Waals surface area (Å²) in [6.07, 6.45) is 14.9. The Morgan fingerprint density at radius 3 is 2.22 bits per heavy atom. The normalized spacial score (nSPS) is 25.8. The quantitative estimate of drug-likeness (QED) is 0.161. The van der Waals surface area contributed by atoms with E-state index in [1.807, 2.05) is 39.8 Å². The highest BCUT2D eigenvalue weighted by atomic mass is 16.3. The van der Waals surface area contributed by atoms with E-state index >= 15 is 0 Å². The number of hydrogen-bond donors (Lipinski definition) is 6. The van der Waals surface area contributed by atoms with Crippen molar-refractivity contribution >= 4 is 29.5 Å². The molecule has 0 aliphatic heterocycles. The molecule has 0 saturated heterocycles. The summed E-state index contributed by atoms with van der Waals surface area (Å²) in [7, 11) is 0. The van der Waals surface area contributed by atoms with Crippen molar-refractivity contribution < 1.29 is 29.1 Å². The number of aliphatic hydroxyl groups is 1.